The molecule has 3 N–H and O–H groups in total. The lowest BCUT2D eigenvalue weighted by Crippen LogP contribution is -2.34. The van der Waals surface area contributed by atoms with Crippen molar-refractivity contribution in [2.75, 3.05) is 13.1 Å². The van der Waals surface area contributed by atoms with E-state index in [0.717, 1.165) is 38.1 Å². The van der Waals surface area contributed by atoms with Crippen molar-refractivity contribution in [3.63, 3.8) is 0 Å². The van der Waals surface area contributed by atoms with Gasteiger partial charge in [0, 0.05) is 11.6 Å². The molecule has 2 rings (SSSR count). The third kappa shape index (κ3) is 3.37. The normalized spacial score (nSPS) is 18.5. The largest absolute Gasteiger partial charge is 0.324 e. The third-order valence-corrected chi connectivity index (χ3v) is 3.21. The maximum atomic E-state index is 13.5. The molecule has 1 fully saturated rings. The zero-order valence-corrected chi connectivity index (χ0v) is 10.3. The van der Waals surface area contributed by atoms with Crippen molar-refractivity contribution < 1.29 is 8.78 Å². The minimum absolute atomic E-state index is 0. The lowest BCUT2D eigenvalue weighted by molar-refractivity contribution is 0.316. The number of nitrogens with one attached hydrogen (secondary N) is 1. The lowest BCUT2D eigenvalue weighted by Gasteiger charge is -2.28. The van der Waals surface area contributed by atoms with Crippen LogP contribution in [-0.4, -0.2) is 13.1 Å². The molecule has 1 aromatic rings. The highest BCUT2D eigenvalue weighted by atomic mass is 35.5. The highest BCUT2D eigenvalue weighted by Crippen LogP contribution is 2.28. The second-order valence-corrected chi connectivity index (χ2v) is 4.28. The standard InChI is InChI=1S/C12H16F2N2.ClH/c13-9-1-2-11(14)10(7-9)12(15)8-3-5-16-6-4-8;/h1-2,7-8,12,16H,3-6,15H2;1H/t12-;/m1./s1. The molecule has 0 spiro atoms. The van der Waals surface area contributed by atoms with Crippen LogP contribution in [0.25, 0.3) is 0 Å². The van der Waals surface area contributed by atoms with Gasteiger partial charge in [-0.2, -0.15) is 0 Å². The van der Waals surface area contributed by atoms with E-state index >= 15 is 0 Å². The first-order valence-corrected chi connectivity index (χ1v) is 5.59. The molecule has 1 aliphatic heterocycles. The Morgan fingerprint density at radius 1 is 1.24 bits per heavy atom. The quantitative estimate of drug-likeness (QED) is 0.859. The topological polar surface area (TPSA) is 38.0 Å². The molecular formula is C12H17ClF2N2. The molecule has 1 saturated heterocycles. The van der Waals surface area contributed by atoms with Crippen molar-refractivity contribution >= 4 is 12.4 Å². The van der Waals surface area contributed by atoms with Crippen LogP contribution >= 0.6 is 12.4 Å². The van der Waals surface area contributed by atoms with E-state index in [4.69, 9.17) is 5.73 Å². The van der Waals surface area contributed by atoms with E-state index in [1.54, 1.807) is 0 Å². The van der Waals surface area contributed by atoms with Crippen molar-refractivity contribution in [2.45, 2.75) is 18.9 Å². The van der Waals surface area contributed by atoms with Gasteiger partial charge in [-0.05, 0) is 50.0 Å². The highest BCUT2D eigenvalue weighted by molar-refractivity contribution is 5.85. The summed E-state index contributed by atoms with van der Waals surface area (Å²) in [5.74, 6) is -0.606. The molecular weight excluding hydrogens is 246 g/mol. The SMILES string of the molecule is Cl.N[C@@H](c1cc(F)ccc1F)C1CCNCC1. The summed E-state index contributed by atoms with van der Waals surface area (Å²) in [6.07, 6.45) is 1.83. The molecule has 0 aromatic heterocycles. The van der Waals surface area contributed by atoms with Crippen LogP contribution in [0.5, 0.6) is 0 Å². The Morgan fingerprint density at radius 2 is 1.88 bits per heavy atom. The van der Waals surface area contributed by atoms with E-state index in [2.05, 4.69) is 5.32 Å². The van der Waals surface area contributed by atoms with Gasteiger partial charge in [-0.15, -0.1) is 12.4 Å². The summed E-state index contributed by atoms with van der Waals surface area (Å²) in [5, 5.41) is 3.22. The summed E-state index contributed by atoms with van der Waals surface area (Å²) >= 11 is 0. The maximum absolute atomic E-state index is 13.5. The molecule has 1 aromatic carbocycles. The van der Waals surface area contributed by atoms with Gasteiger partial charge in [0.15, 0.2) is 0 Å². The molecule has 0 aliphatic carbocycles. The average molecular weight is 263 g/mol. The second kappa shape index (κ2) is 6.28. The summed E-state index contributed by atoms with van der Waals surface area (Å²) in [4.78, 5) is 0. The molecule has 96 valence electrons. The second-order valence-electron chi connectivity index (χ2n) is 4.28. The number of hydrogen-bond acceptors (Lipinski definition) is 2. The molecule has 0 saturated carbocycles. The number of hydrogen-bond donors (Lipinski definition) is 2. The highest BCUT2D eigenvalue weighted by Gasteiger charge is 2.24. The van der Waals surface area contributed by atoms with Crippen molar-refractivity contribution in [1.82, 2.24) is 5.32 Å². The van der Waals surface area contributed by atoms with Crippen LogP contribution in [0.15, 0.2) is 18.2 Å². The molecule has 0 unspecified atom stereocenters. The maximum Gasteiger partial charge on any atom is 0.128 e. The van der Waals surface area contributed by atoms with E-state index in [1.807, 2.05) is 0 Å². The van der Waals surface area contributed by atoms with Gasteiger partial charge in [-0.3, -0.25) is 0 Å². The monoisotopic (exact) mass is 262 g/mol. The Morgan fingerprint density at radius 3 is 2.53 bits per heavy atom. The van der Waals surface area contributed by atoms with Gasteiger partial charge >= 0.3 is 0 Å². The Balaban J connectivity index is 0.00000144. The van der Waals surface area contributed by atoms with Crippen LogP contribution in [0, 0.1) is 17.6 Å². The van der Waals surface area contributed by atoms with Crippen LogP contribution in [0.1, 0.15) is 24.4 Å². The number of piperidine rings is 1. The number of rotatable bonds is 2. The fraction of sp³-hybridized carbons (Fsp3) is 0.500. The molecule has 2 nitrogen and oxygen atoms in total. The van der Waals surface area contributed by atoms with Gasteiger partial charge in [-0.1, -0.05) is 0 Å². The summed E-state index contributed by atoms with van der Waals surface area (Å²) in [5.41, 5.74) is 6.30. The Labute approximate surface area is 106 Å². The smallest absolute Gasteiger partial charge is 0.128 e. The van der Waals surface area contributed by atoms with E-state index in [9.17, 15) is 8.78 Å². The van der Waals surface area contributed by atoms with Crippen molar-refractivity contribution in [2.24, 2.45) is 11.7 Å². The van der Waals surface area contributed by atoms with E-state index in [1.165, 1.54) is 6.07 Å². The average Bonchev–Trinajstić information content (AvgIpc) is 2.32. The summed E-state index contributed by atoms with van der Waals surface area (Å²) in [6.45, 7) is 1.80. The zero-order chi connectivity index (χ0) is 11.5. The van der Waals surface area contributed by atoms with E-state index in [0.29, 0.717) is 5.56 Å². The Kier molecular flexibility index (Phi) is 5.31. The van der Waals surface area contributed by atoms with Crippen LogP contribution in [-0.2, 0) is 0 Å². The third-order valence-electron chi connectivity index (χ3n) is 3.21. The van der Waals surface area contributed by atoms with Crippen molar-refractivity contribution in [1.29, 1.82) is 0 Å². The predicted octanol–water partition coefficient (Wildman–Crippen LogP) is 2.39. The molecule has 0 amide bonds. The number of halogens is 3. The van der Waals surface area contributed by atoms with Gasteiger partial charge in [0.2, 0.25) is 0 Å². The first-order valence-electron chi connectivity index (χ1n) is 5.59. The van der Waals surface area contributed by atoms with Gasteiger partial charge in [0.05, 0.1) is 0 Å². The van der Waals surface area contributed by atoms with Gasteiger partial charge in [0.1, 0.15) is 11.6 Å². The Hall–Kier alpha value is -0.710. The summed E-state index contributed by atoms with van der Waals surface area (Å²) in [7, 11) is 0. The van der Waals surface area contributed by atoms with Crippen LogP contribution in [0.4, 0.5) is 8.78 Å². The molecule has 5 heteroatoms. The molecule has 1 atom stereocenters. The van der Waals surface area contributed by atoms with Crippen LogP contribution in [0.2, 0.25) is 0 Å². The molecule has 1 aliphatic rings. The summed E-state index contributed by atoms with van der Waals surface area (Å²) in [6, 6.07) is 3.07. The van der Waals surface area contributed by atoms with Crippen molar-refractivity contribution in [3.05, 3.63) is 35.4 Å². The summed E-state index contributed by atoms with van der Waals surface area (Å²) < 4.78 is 26.6. The fourth-order valence-electron chi connectivity index (χ4n) is 2.23. The fourth-order valence-corrected chi connectivity index (χ4v) is 2.23. The van der Waals surface area contributed by atoms with Crippen LogP contribution in [0.3, 0.4) is 0 Å². The van der Waals surface area contributed by atoms with Crippen molar-refractivity contribution in [3.8, 4) is 0 Å². The molecule has 17 heavy (non-hydrogen) atoms. The number of benzene rings is 1. The minimum atomic E-state index is -0.430. The number of nitrogens with two attached hydrogens (primary N) is 1. The molecule has 0 radical (unpaired) electrons. The van der Waals surface area contributed by atoms with Crippen LogP contribution < -0.4 is 11.1 Å². The minimum Gasteiger partial charge on any atom is -0.324 e. The molecule has 0 bridgehead atoms. The van der Waals surface area contributed by atoms with Gasteiger partial charge < -0.3 is 11.1 Å². The first-order chi connectivity index (χ1) is 7.68. The first kappa shape index (κ1) is 14.4. The van der Waals surface area contributed by atoms with E-state index in [-0.39, 0.29) is 18.3 Å². The lowest BCUT2D eigenvalue weighted by atomic mass is 9.86. The zero-order valence-electron chi connectivity index (χ0n) is 9.46. The van der Waals surface area contributed by atoms with Gasteiger partial charge in [-0.25, -0.2) is 8.78 Å². The molecule has 1 heterocycles. The predicted molar refractivity (Wildman–Crippen MR) is 66.1 cm³/mol. The van der Waals surface area contributed by atoms with Gasteiger partial charge in [0.25, 0.3) is 0 Å². The van der Waals surface area contributed by atoms with E-state index < -0.39 is 17.7 Å². The Bertz CT molecular complexity index is 368.